The smallest absolute Gasteiger partial charge is 0.748 e. The van der Waals surface area contributed by atoms with Gasteiger partial charge >= 0.3 is 29.6 Å². The van der Waals surface area contributed by atoms with E-state index < -0.39 is 15.4 Å². The maximum absolute atomic E-state index is 11.3. The fraction of sp³-hybridized carbons (Fsp3) is 1.00. The second-order valence-corrected chi connectivity index (χ2v) is 9.46. The summed E-state index contributed by atoms with van der Waals surface area (Å²) in [6.45, 7) is 4.13. The number of hydrogen-bond acceptors (Lipinski definition) is 4. The molecule has 0 saturated carbocycles. The summed E-state index contributed by atoms with van der Waals surface area (Å²) in [6.07, 6.45) is 17.3. The number of unbranched alkanes of at least 4 members (excludes halogenated alkanes) is 10. The van der Waals surface area contributed by atoms with Crippen LogP contribution in [0.5, 0.6) is 0 Å². The zero-order valence-corrected chi connectivity index (χ0v) is 21.1. The molecule has 6 heteroatoms. The van der Waals surface area contributed by atoms with Crippen molar-refractivity contribution in [2.75, 3.05) is 0 Å². The van der Waals surface area contributed by atoms with Crippen LogP contribution < -0.4 is 29.6 Å². The molecule has 0 aromatic carbocycles. The molecular weight excluding hydrogens is 371 g/mol. The molecule has 0 radical (unpaired) electrons. The molecule has 0 saturated heterocycles. The molecule has 0 aromatic rings. The quantitative estimate of drug-likeness (QED) is 0.200. The van der Waals surface area contributed by atoms with Gasteiger partial charge in [0.15, 0.2) is 0 Å². The maximum atomic E-state index is 11.3. The SMILES string of the molecule is CCCCC(CCCCCCCCCCCCC(O)CCC)S(=O)(=O)[O-].[Na+]. The number of rotatable bonds is 19. The predicted octanol–water partition coefficient (Wildman–Crippen LogP) is 2.94. The minimum Gasteiger partial charge on any atom is -0.748 e. The number of aliphatic hydroxyl groups excluding tert-OH is 1. The van der Waals surface area contributed by atoms with Gasteiger partial charge in [0.25, 0.3) is 0 Å². The molecule has 0 amide bonds. The Balaban J connectivity index is 0. The van der Waals surface area contributed by atoms with Gasteiger partial charge in [-0.2, -0.15) is 0 Å². The molecule has 2 unspecified atom stereocenters. The van der Waals surface area contributed by atoms with Gasteiger partial charge in [0, 0.05) is 5.25 Å². The Bertz CT molecular complexity index is 401. The van der Waals surface area contributed by atoms with Gasteiger partial charge in [-0.05, 0) is 25.7 Å². The third-order valence-electron chi connectivity index (χ3n) is 5.22. The van der Waals surface area contributed by atoms with Crippen LogP contribution in [0.15, 0.2) is 0 Å². The summed E-state index contributed by atoms with van der Waals surface area (Å²) < 4.78 is 33.8. The Labute approximate surface area is 191 Å². The first kappa shape index (κ1) is 30.1. The summed E-state index contributed by atoms with van der Waals surface area (Å²) in [6, 6.07) is 0. The summed E-state index contributed by atoms with van der Waals surface area (Å²) in [7, 11) is -4.12. The Morgan fingerprint density at radius 1 is 0.667 bits per heavy atom. The molecule has 0 rings (SSSR count). The van der Waals surface area contributed by atoms with Gasteiger partial charge in [-0.15, -0.1) is 0 Å². The summed E-state index contributed by atoms with van der Waals surface area (Å²) in [5, 5.41) is 8.99. The molecule has 4 nitrogen and oxygen atoms in total. The van der Waals surface area contributed by atoms with Crippen molar-refractivity contribution in [3.8, 4) is 0 Å². The Morgan fingerprint density at radius 2 is 1.07 bits per heavy atom. The number of aliphatic hydroxyl groups is 1. The molecule has 0 spiro atoms. The van der Waals surface area contributed by atoms with Crippen LogP contribution in [0, 0.1) is 0 Å². The van der Waals surface area contributed by atoms with E-state index in [0.717, 1.165) is 57.8 Å². The van der Waals surface area contributed by atoms with Gasteiger partial charge in [0.2, 0.25) is 0 Å². The van der Waals surface area contributed by atoms with Crippen molar-refractivity contribution in [2.45, 2.75) is 134 Å². The van der Waals surface area contributed by atoms with Crippen molar-refractivity contribution in [2.24, 2.45) is 0 Å². The standard InChI is InChI=1S/C21H44O4S.Na/c1-3-5-18-21(26(23,24)25)19-15-13-11-9-7-6-8-10-12-14-17-20(22)16-4-2;/h20-22H,3-19H2,1-2H3,(H,23,24,25);/q;+1/p-1. The van der Waals surface area contributed by atoms with E-state index in [2.05, 4.69) is 6.92 Å². The Morgan fingerprint density at radius 3 is 1.48 bits per heavy atom. The van der Waals surface area contributed by atoms with Crippen molar-refractivity contribution in [1.29, 1.82) is 0 Å². The van der Waals surface area contributed by atoms with Crippen LogP contribution in [0.3, 0.4) is 0 Å². The molecule has 0 aliphatic rings. The number of hydrogen-bond donors (Lipinski definition) is 1. The Kier molecular flexibility index (Phi) is 22.4. The molecular formula is C21H43NaO4S. The summed E-state index contributed by atoms with van der Waals surface area (Å²) in [5.41, 5.74) is 0. The van der Waals surface area contributed by atoms with E-state index >= 15 is 0 Å². The topological polar surface area (TPSA) is 77.4 Å². The Hall–Kier alpha value is 0.870. The normalized spacial score (nSPS) is 13.9. The van der Waals surface area contributed by atoms with E-state index in [1.165, 1.54) is 38.5 Å². The zero-order chi connectivity index (χ0) is 19.7. The first-order valence-electron chi connectivity index (χ1n) is 11.0. The van der Waals surface area contributed by atoms with Gasteiger partial charge < -0.3 is 9.66 Å². The third kappa shape index (κ3) is 19.9. The molecule has 1 N–H and O–H groups in total. The van der Waals surface area contributed by atoms with Gasteiger partial charge in [0.05, 0.1) is 16.2 Å². The predicted molar refractivity (Wildman–Crippen MR) is 109 cm³/mol. The third-order valence-corrected chi connectivity index (χ3v) is 6.51. The summed E-state index contributed by atoms with van der Waals surface area (Å²) in [4.78, 5) is 0. The van der Waals surface area contributed by atoms with Crippen molar-refractivity contribution in [1.82, 2.24) is 0 Å². The van der Waals surface area contributed by atoms with Crippen LogP contribution in [0.4, 0.5) is 0 Å². The van der Waals surface area contributed by atoms with Crippen LogP contribution in [0.1, 0.15) is 123 Å². The van der Waals surface area contributed by atoms with Crippen LogP contribution >= 0.6 is 0 Å². The van der Waals surface area contributed by atoms with Gasteiger partial charge in [-0.3, -0.25) is 0 Å². The molecule has 0 aromatic heterocycles. The van der Waals surface area contributed by atoms with Crippen molar-refractivity contribution in [3.05, 3.63) is 0 Å². The molecule has 27 heavy (non-hydrogen) atoms. The molecule has 0 fully saturated rings. The summed E-state index contributed by atoms with van der Waals surface area (Å²) in [5.74, 6) is 0. The van der Waals surface area contributed by atoms with Gasteiger partial charge in [-0.25, -0.2) is 8.42 Å². The van der Waals surface area contributed by atoms with Crippen LogP contribution in [0.25, 0.3) is 0 Å². The van der Waals surface area contributed by atoms with E-state index in [1.807, 2.05) is 6.92 Å². The van der Waals surface area contributed by atoms with Crippen molar-refractivity contribution < 1.29 is 47.6 Å². The molecule has 0 aliphatic heterocycles. The van der Waals surface area contributed by atoms with E-state index in [4.69, 9.17) is 0 Å². The van der Waals surface area contributed by atoms with Crippen molar-refractivity contribution in [3.63, 3.8) is 0 Å². The first-order valence-corrected chi connectivity index (χ1v) is 12.5. The fourth-order valence-electron chi connectivity index (χ4n) is 3.51. The average Bonchev–Trinajstić information content (AvgIpc) is 2.57. The maximum Gasteiger partial charge on any atom is 1.00 e. The average molecular weight is 415 g/mol. The second-order valence-electron chi connectivity index (χ2n) is 7.81. The van der Waals surface area contributed by atoms with Gasteiger partial charge in [0.1, 0.15) is 0 Å². The molecule has 158 valence electrons. The van der Waals surface area contributed by atoms with Crippen LogP contribution in [-0.4, -0.2) is 29.4 Å². The minimum atomic E-state index is -4.12. The molecule has 0 bridgehead atoms. The van der Waals surface area contributed by atoms with Crippen LogP contribution in [-0.2, 0) is 10.1 Å². The van der Waals surface area contributed by atoms with E-state index in [0.29, 0.717) is 12.8 Å². The first-order chi connectivity index (χ1) is 12.4. The summed E-state index contributed by atoms with van der Waals surface area (Å²) >= 11 is 0. The van der Waals surface area contributed by atoms with E-state index in [9.17, 15) is 18.1 Å². The van der Waals surface area contributed by atoms with Crippen molar-refractivity contribution >= 4 is 10.1 Å². The van der Waals surface area contributed by atoms with E-state index in [1.54, 1.807) is 0 Å². The van der Waals surface area contributed by atoms with E-state index in [-0.39, 0.29) is 35.7 Å². The minimum absolute atomic E-state index is 0. The van der Waals surface area contributed by atoms with Crippen LogP contribution in [0.2, 0.25) is 0 Å². The zero-order valence-electron chi connectivity index (χ0n) is 18.3. The molecule has 0 heterocycles. The molecule has 0 aliphatic carbocycles. The fourth-order valence-corrected chi connectivity index (χ4v) is 4.42. The second kappa shape index (κ2) is 20.2. The molecule has 2 atom stereocenters. The van der Waals surface area contributed by atoms with Gasteiger partial charge in [-0.1, -0.05) is 97.3 Å². The largest absolute Gasteiger partial charge is 1.00 e. The monoisotopic (exact) mass is 414 g/mol.